The first kappa shape index (κ1) is 19.3. The third-order valence-corrected chi connectivity index (χ3v) is 5.02. The number of rotatable bonds is 5. The van der Waals surface area contributed by atoms with E-state index in [0.29, 0.717) is 10.7 Å². The van der Waals surface area contributed by atoms with Crippen LogP contribution in [0.5, 0.6) is 0 Å². The number of benzene rings is 1. The van der Waals surface area contributed by atoms with Gasteiger partial charge in [0.25, 0.3) is 11.6 Å². The molecule has 1 atom stereocenters. The first-order valence-corrected chi connectivity index (χ1v) is 8.64. The molecule has 9 heteroatoms. The molecule has 1 aromatic heterocycles. The lowest BCUT2D eigenvalue weighted by Gasteiger charge is -2.23. The van der Waals surface area contributed by atoms with Crippen molar-refractivity contribution in [2.24, 2.45) is 0 Å². The zero-order valence-corrected chi connectivity index (χ0v) is 15.3. The highest BCUT2D eigenvalue weighted by atomic mass is 35.5. The predicted octanol–water partition coefficient (Wildman–Crippen LogP) is 2.96. The summed E-state index contributed by atoms with van der Waals surface area (Å²) < 4.78 is 0. The van der Waals surface area contributed by atoms with Gasteiger partial charge in [-0.2, -0.15) is 0 Å². The predicted molar refractivity (Wildman–Crippen MR) is 99.4 cm³/mol. The van der Waals surface area contributed by atoms with E-state index in [4.69, 9.17) is 0 Å². The van der Waals surface area contributed by atoms with Crippen molar-refractivity contribution in [2.75, 3.05) is 20.1 Å². The minimum absolute atomic E-state index is 0. The number of carbonyl (C=O) groups is 1. The number of likely N-dealkylation sites (N-methyl/N-ethyl adjacent to an activating group) is 1. The van der Waals surface area contributed by atoms with Crippen molar-refractivity contribution >= 4 is 35.3 Å². The Labute approximate surface area is 155 Å². The molecule has 0 saturated carbocycles. The van der Waals surface area contributed by atoms with Gasteiger partial charge in [-0.05, 0) is 32.0 Å². The van der Waals surface area contributed by atoms with Gasteiger partial charge in [-0.25, -0.2) is 4.98 Å². The van der Waals surface area contributed by atoms with E-state index >= 15 is 0 Å². The maximum atomic E-state index is 12.7. The fourth-order valence-electron chi connectivity index (χ4n) is 2.93. The van der Waals surface area contributed by atoms with Crippen LogP contribution in [0.2, 0.25) is 0 Å². The molecule has 25 heavy (non-hydrogen) atoms. The topological polar surface area (TPSA) is 88.4 Å². The van der Waals surface area contributed by atoms with Crippen LogP contribution in [0.1, 0.15) is 23.3 Å². The second-order valence-corrected chi connectivity index (χ2v) is 6.55. The molecule has 0 aliphatic carbocycles. The molecule has 1 fully saturated rings. The zero-order valence-electron chi connectivity index (χ0n) is 13.7. The third-order valence-electron chi connectivity index (χ3n) is 4.13. The number of aromatic nitrogens is 1. The average Bonchev–Trinajstić information content (AvgIpc) is 3.24. The minimum Gasteiger partial charge on any atom is -0.333 e. The Bertz CT molecular complexity index is 750. The number of amides is 1. The Morgan fingerprint density at radius 3 is 2.80 bits per heavy atom. The molecule has 1 aromatic carbocycles. The Hall–Kier alpha value is -2.03. The van der Waals surface area contributed by atoms with Gasteiger partial charge in [0.05, 0.1) is 4.92 Å². The quantitative estimate of drug-likeness (QED) is 0.634. The van der Waals surface area contributed by atoms with Crippen LogP contribution in [0.25, 0.3) is 10.6 Å². The average molecular weight is 383 g/mol. The number of nitro groups is 1. The number of nitro benzene ring substituents is 1. The fraction of sp³-hybridized carbons (Fsp3) is 0.375. The molecule has 134 valence electrons. The summed E-state index contributed by atoms with van der Waals surface area (Å²) in [5.74, 6) is -0.0443. The van der Waals surface area contributed by atoms with Crippen molar-refractivity contribution in [3.05, 3.63) is 45.5 Å². The van der Waals surface area contributed by atoms with Crippen molar-refractivity contribution < 1.29 is 9.72 Å². The largest absolute Gasteiger partial charge is 0.333 e. The standard InChI is InChI=1S/C16H18N4O3S.ClH/c1-17-9-13-3-2-8-19(13)16(21)14-10-24-15(18-14)11-4-6-12(7-5-11)20(22)23;/h4-7,10,13,17H,2-3,8-9H2,1H3;1H. The van der Waals surface area contributed by atoms with Crippen LogP contribution in [0.15, 0.2) is 29.6 Å². The highest BCUT2D eigenvalue weighted by Gasteiger charge is 2.30. The molecule has 7 nitrogen and oxygen atoms in total. The molecule has 1 amide bonds. The zero-order chi connectivity index (χ0) is 17.1. The summed E-state index contributed by atoms with van der Waals surface area (Å²) in [7, 11) is 1.89. The first-order valence-electron chi connectivity index (χ1n) is 7.76. The van der Waals surface area contributed by atoms with E-state index in [0.717, 1.165) is 31.5 Å². The summed E-state index contributed by atoms with van der Waals surface area (Å²) in [6, 6.07) is 6.42. The molecule has 1 N–H and O–H groups in total. The maximum Gasteiger partial charge on any atom is 0.273 e. The fourth-order valence-corrected chi connectivity index (χ4v) is 3.73. The van der Waals surface area contributed by atoms with Crippen molar-refractivity contribution in [2.45, 2.75) is 18.9 Å². The molecule has 2 heterocycles. The Morgan fingerprint density at radius 2 is 2.16 bits per heavy atom. The van der Waals surface area contributed by atoms with Gasteiger partial charge >= 0.3 is 0 Å². The second kappa shape index (κ2) is 8.37. The van der Waals surface area contributed by atoms with Gasteiger partial charge in [0.15, 0.2) is 0 Å². The van der Waals surface area contributed by atoms with Gasteiger partial charge in [-0.1, -0.05) is 0 Å². The number of hydrogen-bond acceptors (Lipinski definition) is 6. The molecule has 0 bridgehead atoms. The smallest absolute Gasteiger partial charge is 0.273 e. The van der Waals surface area contributed by atoms with E-state index in [1.165, 1.54) is 23.5 Å². The normalized spacial score (nSPS) is 16.5. The van der Waals surface area contributed by atoms with Crippen molar-refractivity contribution in [3.63, 3.8) is 0 Å². The molecule has 1 unspecified atom stereocenters. The number of non-ortho nitro benzene ring substituents is 1. The Morgan fingerprint density at radius 1 is 1.44 bits per heavy atom. The van der Waals surface area contributed by atoms with Crippen LogP contribution < -0.4 is 5.32 Å². The maximum absolute atomic E-state index is 12.7. The number of nitrogens with one attached hydrogen (secondary N) is 1. The highest BCUT2D eigenvalue weighted by Crippen LogP contribution is 2.27. The molecule has 2 aromatic rings. The summed E-state index contributed by atoms with van der Waals surface area (Å²) in [6.07, 6.45) is 2.02. The van der Waals surface area contributed by atoms with Gasteiger partial charge in [-0.15, -0.1) is 23.7 Å². The molecule has 1 aliphatic heterocycles. The van der Waals surface area contributed by atoms with Crippen LogP contribution >= 0.6 is 23.7 Å². The van der Waals surface area contributed by atoms with E-state index < -0.39 is 4.92 Å². The van der Waals surface area contributed by atoms with Crippen molar-refractivity contribution in [1.82, 2.24) is 15.2 Å². The molecule has 1 aliphatic rings. The van der Waals surface area contributed by atoms with E-state index in [2.05, 4.69) is 10.3 Å². The van der Waals surface area contributed by atoms with E-state index in [-0.39, 0.29) is 30.0 Å². The van der Waals surface area contributed by atoms with Crippen molar-refractivity contribution in [3.8, 4) is 10.6 Å². The Kier molecular flexibility index (Phi) is 6.46. The van der Waals surface area contributed by atoms with Crippen LogP contribution in [-0.4, -0.2) is 46.9 Å². The monoisotopic (exact) mass is 382 g/mol. The van der Waals surface area contributed by atoms with Crippen LogP contribution in [0.3, 0.4) is 0 Å². The summed E-state index contributed by atoms with van der Waals surface area (Å²) in [4.78, 5) is 29.3. The number of likely N-dealkylation sites (tertiary alicyclic amines) is 1. The molecule has 0 spiro atoms. The minimum atomic E-state index is -0.435. The lowest BCUT2D eigenvalue weighted by molar-refractivity contribution is -0.384. The van der Waals surface area contributed by atoms with Crippen LogP contribution in [0.4, 0.5) is 5.69 Å². The van der Waals surface area contributed by atoms with Gasteiger partial charge < -0.3 is 10.2 Å². The van der Waals surface area contributed by atoms with Crippen molar-refractivity contribution in [1.29, 1.82) is 0 Å². The first-order chi connectivity index (χ1) is 11.6. The number of halogens is 1. The highest BCUT2D eigenvalue weighted by molar-refractivity contribution is 7.13. The SMILES string of the molecule is CNCC1CCCN1C(=O)c1csc(-c2ccc([N+](=O)[O-])cc2)n1.Cl. The number of thiazole rings is 1. The van der Waals surface area contributed by atoms with Crippen LogP contribution in [-0.2, 0) is 0 Å². The number of hydrogen-bond donors (Lipinski definition) is 1. The van der Waals surface area contributed by atoms with Gasteiger partial charge in [0, 0.05) is 42.2 Å². The lowest BCUT2D eigenvalue weighted by Crippen LogP contribution is -2.40. The second-order valence-electron chi connectivity index (χ2n) is 5.69. The van der Waals surface area contributed by atoms with E-state index in [1.54, 1.807) is 17.5 Å². The molecular weight excluding hydrogens is 364 g/mol. The summed E-state index contributed by atoms with van der Waals surface area (Å²) in [5.41, 5.74) is 1.26. The van der Waals surface area contributed by atoms with Gasteiger partial charge in [0.1, 0.15) is 10.7 Å². The molecular formula is C16H19ClN4O3S. The third kappa shape index (κ3) is 4.15. The van der Waals surface area contributed by atoms with E-state index in [9.17, 15) is 14.9 Å². The molecule has 1 saturated heterocycles. The summed E-state index contributed by atoms with van der Waals surface area (Å²) >= 11 is 1.37. The van der Waals surface area contributed by atoms with Gasteiger partial charge in [-0.3, -0.25) is 14.9 Å². The van der Waals surface area contributed by atoms with E-state index in [1.807, 2.05) is 11.9 Å². The number of carbonyl (C=O) groups excluding carboxylic acids is 1. The van der Waals surface area contributed by atoms with Gasteiger partial charge in [0.2, 0.25) is 0 Å². The Balaban J connectivity index is 0.00000225. The molecule has 0 radical (unpaired) electrons. The number of nitrogens with zero attached hydrogens (tertiary/aromatic N) is 3. The summed E-state index contributed by atoms with van der Waals surface area (Å²) in [5, 5.41) is 16.3. The van der Waals surface area contributed by atoms with Crippen LogP contribution in [0, 0.1) is 10.1 Å². The lowest BCUT2D eigenvalue weighted by atomic mass is 10.2. The molecule has 3 rings (SSSR count). The summed E-state index contributed by atoms with van der Waals surface area (Å²) in [6.45, 7) is 1.54.